The van der Waals surface area contributed by atoms with Crippen molar-refractivity contribution in [2.24, 2.45) is 0 Å². The topological polar surface area (TPSA) is 49.3 Å². The van der Waals surface area contributed by atoms with E-state index in [1.165, 1.54) is 30.4 Å². The molecule has 3 heteroatoms. The summed E-state index contributed by atoms with van der Waals surface area (Å²) in [7, 11) is 0. The van der Waals surface area contributed by atoms with Gasteiger partial charge in [0.05, 0.1) is 0 Å². The van der Waals surface area contributed by atoms with Crippen molar-refractivity contribution in [1.82, 2.24) is 5.32 Å². The molecule has 0 bridgehead atoms. The van der Waals surface area contributed by atoms with Gasteiger partial charge in [-0.3, -0.25) is 4.79 Å². The maximum Gasteiger partial charge on any atom is 0.245 e. The molecule has 0 saturated heterocycles. The lowest BCUT2D eigenvalue weighted by Gasteiger charge is -2.16. The second-order valence-electron chi connectivity index (χ2n) is 4.25. The van der Waals surface area contributed by atoms with Crippen LogP contribution in [0.5, 0.6) is 0 Å². The zero-order chi connectivity index (χ0) is 11.4. The minimum Gasteiger partial charge on any atom is -0.387 e. The van der Waals surface area contributed by atoms with Crippen LogP contribution in [0.4, 0.5) is 0 Å². The van der Waals surface area contributed by atoms with Gasteiger partial charge in [-0.1, -0.05) is 18.2 Å². The summed E-state index contributed by atoms with van der Waals surface area (Å²) in [6.07, 6.45) is 4.88. The lowest BCUT2D eigenvalue weighted by Crippen LogP contribution is -2.25. The Labute approximate surface area is 95.5 Å². The lowest BCUT2D eigenvalue weighted by atomic mass is 9.90. The van der Waals surface area contributed by atoms with Gasteiger partial charge >= 0.3 is 0 Å². The number of benzene rings is 1. The molecule has 2 N–H and O–H groups in total. The first-order valence-electron chi connectivity index (χ1n) is 5.78. The first kappa shape index (κ1) is 11.1. The van der Waals surface area contributed by atoms with Gasteiger partial charge in [-0.25, -0.2) is 0 Å². The molecule has 0 unspecified atom stereocenters. The van der Waals surface area contributed by atoms with Crippen LogP contribution in [-0.4, -0.2) is 17.6 Å². The molecule has 0 fully saturated rings. The maximum atomic E-state index is 10.9. The molecule has 2 rings (SSSR count). The Hall–Kier alpha value is -1.35. The Bertz CT molecular complexity index is 388. The number of hydrogen-bond acceptors (Lipinski definition) is 2. The van der Waals surface area contributed by atoms with E-state index in [1.54, 1.807) is 0 Å². The number of aliphatic hydroxyl groups is 1. The summed E-state index contributed by atoms with van der Waals surface area (Å²) in [6, 6.07) is 6.39. The Morgan fingerprint density at radius 3 is 2.75 bits per heavy atom. The average Bonchev–Trinajstić information content (AvgIpc) is 2.35. The van der Waals surface area contributed by atoms with Gasteiger partial charge in [0.1, 0.15) is 6.61 Å². The van der Waals surface area contributed by atoms with Crippen LogP contribution in [0.15, 0.2) is 18.2 Å². The van der Waals surface area contributed by atoms with Crippen molar-refractivity contribution in [2.45, 2.75) is 32.2 Å². The summed E-state index contributed by atoms with van der Waals surface area (Å²) in [6.45, 7) is 0.0671. The van der Waals surface area contributed by atoms with E-state index in [0.717, 1.165) is 12.0 Å². The molecule has 0 spiro atoms. The van der Waals surface area contributed by atoms with Crippen LogP contribution >= 0.6 is 0 Å². The minimum atomic E-state index is -0.440. The normalized spacial score (nSPS) is 14.3. The van der Waals surface area contributed by atoms with Crippen LogP contribution in [0, 0.1) is 0 Å². The fourth-order valence-electron chi connectivity index (χ4n) is 2.15. The number of aryl methyl sites for hydroxylation is 2. The fraction of sp³-hybridized carbons (Fsp3) is 0.462. The molecule has 16 heavy (non-hydrogen) atoms. The van der Waals surface area contributed by atoms with Crippen molar-refractivity contribution in [1.29, 1.82) is 0 Å². The largest absolute Gasteiger partial charge is 0.387 e. The predicted octanol–water partition coefficient (Wildman–Crippen LogP) is 1.17. The molecule has 0 aromatic heterocycles. The summed E-state index contributed by atoms with van der Waals surface area (Å²) >= 11 is 0. The molecular weight excluding hydrogens is 202 g/mol. The first-order chi connectivity index (χ1) is 7.79. The number of nitrogens with one attached hydrogen (secondary N) is 1. The second-order valence-corrected chi connectivity index (χ2v) is 4.25. The molecular formula is C13H17NO2. The molecule has 1 aromatic carbocycles. The lowest BCUT2D eigenvalue weighted by molar-refractivity contribution is -0.123. The van der Waals surface area contributed by atoms with E-state index >= 15 is 0 Å². The van der Waals surface area contributed by atoms with Crippen LogP contribution in [0.2, 0.25) is 0 Å². The number of aliphatic hydroxyl groups excluding tert-OH is 1. The summed E-state index contributed by atoms with van der Waals surface area (Å²) in [4.78, 5) is 10.9. The average molecular weight is 219 g/mol. The van der Waals surface area contributed by atoms with Gasteiger partial charge in [0, 0.05) is 6.54 Å². The van der Waals surface area contributed by atoms with E-state index in [4.69, 9.17) is 5.11 Å². The van der Waals surface area contributed by atoms with Crippen molar-refractivity contribution in [3.8, 4) is 0 Å². The van der Waals surface area contributed by atoms with Crippen LogP contribution in [-0.2, 0) is 24.2 Å². The van der Waals surface area contributed by atoms with Gasteiger partial charge in [0.2, 0.25) is 5.91 Å². The number of carbonyl (C=O) groups excluding carboxylic acids is 1. The molecule has 0 radical (unpaired) electrons. The first-order valence-corrected chi connectivity index (χ1v) is 5.78. The quantitative estimate of drug-likeness (QED) is 0.802. The minimum absolute atomic E-state index is 0.322. The van der Waals surface area contributed by atoms with Crippen molar-refractivity contribution in [3.05, 3.63) is 34.9 Å². The Morgan fingerprint density at radius 2 is 2.00 bits per heavy atom. The van der Waals surface area contributed by atoms with Crippen molar-refractivity contribution < 1.29 is 9.90 Å². The van der Waals surface area contributed by atoms with Gasteiger partial charge in [-0.05, 0) is 42.4 Å². The smallest absolute Gasteiger partial charge is 0.245 e. The van der Waals surface area contributed by atoms with Gasteiger partial charge in [-0.15, -0.1) is 0 Å². The molecule has 1 aliphatic carbocycles. The van der Waals surface area contributed by atoms with Crippen molar-refractivity contribution in [2.75, 3.05) is 6.61 Å². The van der Waals surface area contributed by atoms with Gasteiger partial charge in [0.25, 0.3) is 0 Å². The summed E-state index contributed by atoms with van der Waals surface area (Å²) in [5.74, 6) is -0.322. The van der Waals surface area contributed by atoms with Gasteiger partial charge < -0.3 is 10.4 Å². The SMILES string of the molecule is O=C(CO)NCc1ccc2c(c1)CCCC2. The van der Waals surface area contributed by atoms with Gasteiger partial charge in [-0.2, -0.15) is 0 Å². The molecule has 0 aliphatic heterocycles. The highest BCUT2D eigenvalue weighted by Gasteiger charge is 2.09. The van der Waals surface area contributed by atoms with Crippen LogP contribution in [0.25, 0.3) is 0 Å². The zero-order valence-electron chi connectivity index (χ0n) is 9.33. The zero-order valence-corrected chi connectivity index (χ0v) is 9.33. The van der Waals surface area contributed by atoms with Crippen molar-refractivity contribution >= 4 is 5.91 Å². The molecule has 1 amide bonds. The third kappa shape index (κ3) is 2.61. The van der Waals surface area contributed by atoms with E-state index < -0.39 is 6.61 Å². The van der Waals surface area contributed by atoms with E-state index in [1.807, 2.05) is 0 Å². The third-order valence-electron chi connectivity index (χ3n) is 3.05. The highest BCUT2D eigenvalue weighted by molar-refractivity contribution is 5.76. The van der Waals surface area contributed by atoms with Gasteiger partial charge in [0.15, 0.2) is 0 Å². The van der Waals surface area contributed by atoms with Crippen LogP contribution in [0.3, 0.4) is 0 Å². The Kier molecular flexibility index (Phi) is 3.57. The summed E-state index contributed by atoms with van der Waals surface area (Å²) in [5, 5.41) is 11.3. The van der Waals surface area contributed by atoms with E-state index in [9.17, 15) is 4.79 Å². The van der Waals surface area contributed by atoms with E-state index in [2.05, 4.69) is 23.5 Å². The van der Waals surface area contributed by atoms with E-state index in [-0.39, 0.29) is 5.91 Å². The summed E-state index contributed by atoms with van der Waals surface area (Å²) in [5.41, 5.74) is 3.98. The number of rotatable bonds is 3. The fourth-order valence-corrected chi connectivity index (χ4v) is 2.15. The Morgan fingerprint density at radius 1 is 1.25 bits per heavy atom. The third-order valence-corrected chi connectivity index (χ3v) is 3.05. The molecule has 86 valence electrons. The highest BCUT2D eigenvalue weighted by atomic mass is 16.3. The Balaban J connectivity index is 2.03. The molecule has 0 atom stereocenters. The van der Waals surface area contributed by atoms with Crippen LogP contribution in [0.1, 0.15) is 29.5 Å². The van der Waals surface area contributed by atoms with E-state index in [0.29, 0.717) is 6.54 Å². The number of hydrogen-bond donors (Lipinski definition) is 2. The molecule has 1 aromatic rings. The summed E-state index contributed by atoms with van der Waals surface area (Å²) < 4.78 is 0. The second kappa shape index (κ2) is 5.12. The van der Waals surface area contributed by atoms with Crippen molar-refractivity contribution in [3.63, 3.8) is 0 Å². The van der Waals surface area contributed by atoms with Crippen LogP contribution < -0.4 is 5.32 Å². The highest BCUT2D eigenvalue weighted by Crippen LogP contribution is 2.22. The number of amides is 1. The monoisotopic (exact) mass is 219 g/mol. The molecule has 3 nitrogen and oxygen atoms in total. The molecule has 1 aliphatic rings. The molecule has 0 heterocycles. The maximum absolute atomic E-state index is 10.9. The standard InChI is InChI=1S/C13H17NO2/c15-9-13(16)14-8-10-5-6-11-3-1-2-4-12(11)7-10/h5-7,15H,1-4,8-9H2,(H,14,16). The predicted molar refractivity (Wildman–Crippen MR) is 62.0 cm³/mol. The number of fused-ring (bicyclic) bond motifs is 1. The number of carbonyl (C=O) groups is 1. The molecule has 0 saturated carbocycles.